The summed E-state index contributed by atoms with van der Waals surface area (Å²) < 4.78 is 5.55. The average molecular weight is 245 g/mol. The van der Waals surface area contributed by atoms with E-state index in [0.717, 1.165) is 5.56 Å². The van der Waals surface area contributed by atoms with Gasteiger partial charge in [-0.1, -0.05) is 11.6 Å². The van der Waals surface area contributed by atoms with Crippen molar-refractivity contribution in [3.63, 3.8) is 0 Å². The third-order valence-corrected chi connectivity index (χ3v) is 2.53. The van der Waals surface area contributed by atoms with Gasteiger partial charge in [0.15, 0.2) is 0 Å². The Balaban J connectivity index is 2.06. The highest BCUT2D eigenvalue weighted by Gasteiger charge is 2.02. The quantitative estimate of drug-likeness (QED) is 0.833. The number of aromatic nitrogens is 1. The maximum Gasteiger partial charge on any atom is 0.121 e. The number of benzene rings is 1. The Kier molecular flexibility index (Phi) is 3.59. The molecule has 0 bridgehead atoms. The van der Waals surface area contributed by atoms with Crippen molar-refractivity contribution in [2.45, 2.75) is 6.61 Å². The van der Waals surface area contributed by atoms with E-state index < -0.39 is 0 Å². The highest BCUT2D eigenvalue weighted by Crippen LogP contribution is 2.22. The zero-order chi connectivity index (χ0) is 12.1. The molecule has 0 aliphatic carbocycles. The van der Waals surface area contributed by atoms with E-state index >= 15 is 0 Å². The number of nitrogens with zero attached hydrogens (tertiary/aromatic N) is 2. The van der Waals surface area contributed by atoms with Gasteiger partial charge in [-0.25, -0.2) is 0 Å². The Morgan fingerprint density at radius 3 is 2.65 bits per heavy atom. The maximum atomic E-state index is 8.74. The van der Waals surface area contributed by atoms with Crippen LogP contribution in [0.1, 0.15) is 11.1 Å². The van der Waals surface area contributed by atoms with Gasteiger partial charge in [0.1, 0.15) is 18.4 Å². The van der Waals surface area contributed by atoms with E-state index in [4.69, 9.17) is 21.6 Å². The standard InChI is InChI=1S/C13H9ClN2O/c14-13-7-12(2-1-11(13)8-15)17-9-10-3-5-16-6-4-10/h1-7H,9H2. The summed E-state index contributed by atoms with van der Waals surface area (Å²) in [5, 5.41) is 9.14. The predicted octanol–water partition coefficient (Wildman–Crippen LogP) is 3.19. The van der Waals surface area contributed by atoms with Crippen LogP contribution < -0.4 is 4.74 Å². The molecule has 0 aliphatic rings. The van der Waals surface area contributed by atoms with Gasteiger partial charge in [0.05, 0.1) is 10.6 Å². The van der Waals surface area contributed by atoms with Gasteiger partial charge in [0.2, 0.25) is 0 Å². The third-order valence-electron chi connectivity index (χ3n) is 2.22. The van der Waals surface area contributed by atoms with Crippen LogP contribution in [-0.2, 0) is 6.61 Å². The minimum atomic E-state index is 0.403. The molecule has 0 fully saturated rings. The lowest BCUT2D eigenvalue weighted by Gasteiger charge is -2.06. The minimum Gasteiger partial charge on any atom is -0.489 e. The zero-order valence-corrected chi connectivity index (χ0v) is 9.69. The fourth-order valence-corrected chi connectivity index (χ4v) is 1.53. The maximum absolute atomic E-state index is 8.74. The highest BCUT2D eigenvalue weighted by atomic mass is 35.5. The Bertz CT molecular complexity index is 549. The van der Waals surface area contributed by atoms with Gasteiger partial charge >= 0.3 is 0 Å². The molecular weight excluding hydrogens is 236 g/mol. The van der Waals surface area contributed by atoms with Gasteiger partial charge in [-0.05, 0) is 29.8 Å². The van der Waals surface area contributed by atoms with E-state index in [0.29, 0.717) is 22.9 Å². The highest BCUT2D eigenvalue weighted by molar-refractivity contribution is 6.31. The first-order valence-corrected chi connectivity index (χ1v) is 5.39. The van der Waals surface area contributed by atoms with Crippen LogP contribution in [0.5, 0.6) is 5.75 Å². The summed E-state index contributed by atoms with van der Waals surface area (Å²) in [6, 6.07) is 10.8. The van der Waals surface area contributed by atoms with E-state index in [2.05, 4.69) is 4.98 Å². The largest absolute Gasteiger partial charge is 0.489 e. The van der Waals surface area contributed by atoms with Gasteiger partial charge in [-0.15, -0.1) is 0 Å². The van der Waals surface area contributed by atoms with Crippen molar-refractivity contribution in [2.75, 3.05) is 0 Å². The van der Waals surface area contributed by atoms with E-state index in [-0.39, 0.29) is 0 Å². The van der Waals surface area contributed by atoms with Crippen LogP contribution >= 0.6 is 11.6 Å². The van der Waals surface area contributed by atoms with Crippen molar-refractivity contribution in [1.29, 1.82) is 5.26 Å². The van der Waals surface area contributed by atoms with Crippen LogP contribution in [-0.4, -0.2) is 4.98 Å². The Morgan fingerprint density at radius 2 is 2.00 bits per heavy atom. The van der Waals surface area contributed by atoms with Crippen molar-refractivity contribution in [3.8, 4) is 11.8 Å². The Labute approximate surface area is 104 Å². The first-order chi connectivity index (χ1) is 8.29. The number of pyridine rings is 1. The summed E-state index contributed by atoms with van der Waals surface area (Å²) in [4.78, 5) is 3.92. The summed E-state index contributed by atoms with van der Waals surface area (Å²) in [6.07, 6.45) is 3.43. The fourth-order valence-electron chi connectivity index (χ4n) is 1.32. The first-order valence-electron chi connectivity index (χ1n) is 5.01. The first kappa shape index (κ1) is 11.4. The number of halogens is 1. The van der Waals surface area contributed by atoms with E-state index in [1.54, 1.807) is 30.6 Å². The summed E-state index contributed by atoms with van der Waals surface area (Å²) >= 11 is 5.90. The van der Waals surface area contributed by atoms with Crippen LogP contribution in [0, 0.1) is 11.3 Å². The summed E-state index contributed by atoms with van der Waals surface area (Å²) in [5.74, 6) is 0.644. The van der Waals surface area contributed by atoms with Crippen LogP contribution in [0.4, 0.5) is 0 Å². The zero-order valence-electron chi connectivity index (χ0n) is 8.93. The molecule has 2 rings (SSSR count). The average Bonchev–Trinajstić information content (AvgIpc) is 2.38. The number of nitriles is 1. The van der Waals surface area contributed by atoms with Crippen LogP contribution in [0.15, 0.2) is 42.7 Å². The van der Waals surface area contributed by atoms with E-state index in [1.165, 1.54) is 0 Å². The molecule has 0 amide bonds. The molecule has 0 saturated carbocycles. The Morgan fingerprint density at radius 1 is 1.24 bits per heavy atom. The second kappa shape index (κ2) is 5.33. The van der Waals surface area contributed by atoms with Crippen molar-refractivity contribution in [2.24, 2.45) is 0 Å². The van der Waals surface area contributed by atoms with Crippen molar-refractivity contribution in [1.82, 2.24) is 4.98 Å². The van der Waals surface area contributed by atoms with Gasteiger partial charge in [0, 0.05) is 18.5 Å². The lowest BCUT2D eigenvalue weighted by atomic mass is 10.2. The summed E-state index contributed by atoms with van der Waals surface area (Å²) in [7, 11) is 0. The van der Waals surface area contributed by atoms with Gasteiger partial charge in [-0.3, -0.25) is 4.98 Å². The smallest absolute Gasteiger partial charge is 0.121 e. The molecular formula is C13H9ClN2O. The Hall–Kier alpha value is -2.05. The SMILES string of the molecule is N#Cc1ccc(OCc2ccncc2)cc1Cl. The molecule has 4 heteroatoms. The van der Waals surface area contributed by atoms with Gasteiger partial charge in [0.25, 0.3) is 0 Å². The number of ether oxygens (including phenoxy) is 1. The number of hydrogen-bond acceptors (Lipinski definition) is 3. The van der Waals surface area contributed by atoms with Crippen LogP contribution in [0.25, 0.3) is 0 Å². The molecule has 1 aromatic carbocycles. The van der Waals surface area contributed by atoms with Gasteiger partial charge in [-0.2, -0.15) is 5.26 Å². The fraction of sp³-hybridized carbons (Fsp3) is 0.0769. The molecule has 3 nitrogen and oxygen atoms in total. The molecule has 0 spiro atoms. The van der Waals surface area contributed by atoms with Crippen LogP contribution in [0.3, 0.4) is 0 Å². The van der Waals surface area contributed by atoms with Crippen LogP contribution in [0.2, 0.25) is 5.02 Å². The lowest BCUT2D eigenvalue weighted by molar-refractivity contribution is 0.306. The van der Waals surface area contributed by atoms with Crippen molar-refractivity contribution >= 4 is 11.6 Å². The minimum absolute atomic E-state index is 0.403. The molecule has 0 atom stereocenters. The lowest BCUT2D eigenvalue weighted by Crippen LogP contribution is -1.95. The van der Waals surface area contributed by atoms with Crippen molar-refractivity contribution < 1.29 is 4.74 Å². The molecule has 0 N–H and O–H groups in total. The molecule has 17 heavy (non-hydrogen) atoms. The number of hydrogen-bond donors (Lipinski definition) is 0. The molecule has 0 aliphatic heterocycles. The summed E-state index contributed by atoms with van der Waals surface area (Å²) in [5.41, 5.74) is 1.48. The van der Waals surface area contributed by atoms with Gasteiger partial charge < -0.3 is 4.74 Å². The molecule has 0 saturated heterocycles. The number of rotatable bonds is 3. The molecule has 0 radical (unpaired) electrons. The third kappa shape index (κ3) is 2.96. The molecule has 1 aromatic heterocycles. The summed E-state index contributed by atoms with van der Waals surface area (Å²) in [6.45, 7) is 0.449. The van der Waals surface area contributed by atoms with E-state index in [1.807, 2.05) is 18.2 Å². The topological polar surface area (TPSA) is 45.9 Å². The second-order valence-corrected chi connectivity index (χ2v) is 3.80. The normalized spacial score (nSPS) is 9.65. The van der Waals surface area contributed by atoms with E-state index in [9.17, 15) is 0 Å². The molecule has 1 heterocycles. The van der Waals surface area contributed by atoms with Crippen molar-refractivity contribution in [3.05, 3.63) is 58.9 Å². The predicted molar refractivity (Wildman–Crippen MR) is 64.7 cm³/mol. The monoisotopic (exact) mass is 244 g/mol. The molecule has 84 valence electrons. The second-order valence-electron chi connectivity index (χ2n) is 3.40. The molecule has 2 aromatic rings. The molecule has 0 unspecified atom stereocenters.